The minimum absolute atomic E-state index is 0.0677. The molecule has 8 nitrogen and oxygen atoms in total. The van der Waals surface area contributed by atoms with E-state index in [1.54, 1.807) is 25.5 Å². The van der Waals surface area contributed by atoms with Gasteiger partial charge >= 0.3 is 0 Å². The summed E-state index contributed by atoms with van der Waals surface area (Å²) in [5.41, 5.74) is 2.70. The lowest BCUT2D eigenvalue weighted by atomic mass is 10.0. The van der Waals surface area contributed by atoms with Crippen molar-refractivity contribution < 1.29 is 19.7 Å². The highest BCUT2D eigenvalue weighted by atomic mass is 16.5. The van der Waals surface area contributed by atoms with Crippen molar-refractivity contribution in [1.82, 2.24) is 20.2 Å². The molecule has 2 aromatic heterocycles. The van der Waals surface area contributed by atoms with Gasteiger partial charge in [-0.05, 0) is 18.6 Å². The number of hydrogen-bond donors (Lipinski definition) is 3. The first-order valence-electron chi connectivity index (χ1n) is 9.33. The number of amides is 1. The first-order chi connectivity index (χ1) is 13.6. The van der Waals surface area contributed by atoms with E-state index in [-0.39, 0.29) is 24.3 Å². The first kappa shape index (κ1) is 20.2. The fourth-order valence-corrected chi connectivity index (χ4v) is 3.27. The van der Waals surface area contributed by atoms with E-state index in [1.807, 2.05) is 12.1 Å². The summed E-state index contributed by atoms with van der Waals surface area (Å²) in [7, 11) is 0. The molecule has 8 heteroatoms. The molecule has 0 saturated carbocycles. The molecule has 0 bridgehead atoms. The standard InChI is InChI=1S/C20H26N4O4/c1-14-20(27)18(16(12-25)10-22-14)11-24-5-6-28-13-17(24)7-19(26)23-9-15-3-2-4-21-8-15/h2-4,8,10,17,25,27H,5-7,9,11-13H2,1H3,(H,23,26)/t17-/m0/s1. The SMILES string of the molecule is Cc1ncc(CO)c(CN2CCOC[C@@H]2CC(=O)NCc2cccnc2)c1O. The van der Waals surface area contributed by atoms with Crippen molar-refractivity contribution in [3.8, 4) is 5.75 Å². The second kappa shape index (κ2) is 9.59. The summed E-state index contributed by atoms with van der Waals surface area (Å²) in [6.07, 6.45) is 5.29. The van der Waals surface area contributed by atoms with Gasteiger partial charge in [0.2, 0.25) is 5.91 Å². The van der Waals surface area contributed by atoms with E-state index in [1.165, 1.54) is 0 Å². The molecule has 150 valence electrons. The molecule has 3 rings (SSSR count). The fourth-order valence-electron chi connectivity index (χ4n) is 3.27. The van der Waals surface area contributed by atoms with E-state index in [0.29, 0.717) is 56.1 Å². The van der Waals surface area contributed by atoms with Gasteiger partial charge in [0.25, 0.3) is 0 Å². The first-order valence-corrected chi connectivity index (χ1v) is 9.33. The van der Waals surface area contributed by atoms with E-state index < -0.39 is 0 Å². The van der Waals surface area contributed by atoms with Crippen molar-refractivity contribution in [2.24, 2.45) is 0 Å². The van der Waals surface area contributed by atoms with E-state index in [2.05, 4.69) is 20.2 Å². The lowest BCUT2D eigenvalue weighted by Gasteiger charge is -2.35. The van der Waals surface area contributed by atoms with Crippen molar-refractivity contribution in [2.45, 2.75) is 39.1 Å². The largest absolute Gasteiger partial charge is 0.506 e. The maximum absolute atomic E-state index is 12.4. The summed E-state index contributed by atoms with van der Waals surface area (Å²) in [6, 6.07) is 3.64. The van der Waals surface area contributed by atoms with Crippen LogP contribution in [0.1, 0.15) is 28.8 Å². The van der Waals surface area contributed by atoms with Crippen LogP contribution in [0.2, 0.25) is 0 Å². The number of ether oxygens (including phenoxy) is 1. The second-order valence-electron chi connectivity index (χ2n) is 6.90. The Bertz CT molecular complexity index is 800. The number of aliphatic hydroxyl groups excluding tert-OH is 1. The van der Waals surface area contributed by atoms with E-state index >= 15 is 0 Å². The van der Waals surface area contributed by atoms with Gasteiger partial charge in [-0.15, -0.1) is 0 Å². The number of pyridine rings is 2. The molecule has 1 aliphatic heterocycles. The van der Waals surface area contributed by atoms with Crippen LogP contribution in [-0.2, 0) is 29.2 Å². The minimum Gasteiger partial charge on any atom is -0.506 e. The van der Waals surface area contributed by atoms with Gasteiger partial charge in [-0.3, -0.25) is 19.7 Å². The molecular weight excluding hydrogens is 360 g/mol. The van der Waals surface area contributed by atoms with Gasteiger partial charge in [0.05, 0.1) is 25.5 Å². The third-order valence-corrected chi connectivity index (χ3v) is 4.94. The summed E-state index contributed by atoms with van der Waals surface area (Å²) in [5.74, 6) is 0.0275. The van der Waals surface area contributed by atoms with E-state index in [9.17, 15) is 15.0 Å². The highest BCUT2D eigenvalue weighted by molar-refractivity contribution is 5.76. The summed E-state index contributed by atoms with van der Waals surface area (Å²) in [4.78, 5) is 22.7. The molecule has 0 aromatic carbocycles. The molecule has 3 N–H and O–H groups in total. The number of morpholine rings is 1. The highest BCUT2D eigenvalue weighted by Gasteiger charge is 2.27. The number of aryl methyl sites for hydroxylation is 1. The minimum atomic E-state index is -0.198. The molecule has 1 saturated heterocycles. The van der Waals surface area contributed by atoms with Crippen molar-refractivity contribution >= 4 is 5.91 Å². The van der Waals surface area contributed by atoms with Crippen LogP contribution in [-0.4, -0.2) is 56.8 Å². The van der Waals surface area contributed by atoms with E-state index in [4.69, 9.17) is 4.74 Å². The van der Waals surface area contributed by atoms with Crippen molar-refractivity contribution in [3.05, 3.63) is 53.1 Å². The smallest absolute Gasteiger partial charge is 0.221 e. The maximum atomic E-state index is 12.4. The zero-order chi connectivity index (χ0) is 19.9. The Morgan fingerprint density at radius 1 is 1.43 bits per heavy atom. The van der Waals surface area contributed by atoms with Gasteiger partial charge in [-0.2, -0.15) is 0 Å². The zero-order valence-electron chi connectivity index (χ0n) is 16.0. The average molecular weight is 386 g/mol. The molecule has 1 amide bonds. The maximum Gasteiger partial charge on any atom is 0.221 e. The second-order valence-corrected chi connectivity index (χ2v) is 6.90. The molecule has 0 unspecified atom stereocenters. The molecule has 28 heavy (non-hydrogen) atoms. The quantitative estimate of drug-likeness (QED) is 0.649. The van der Waals surface area contributed by atoms with Gasteiger partial charge in [-0.25, -0.2) is 0 Å². The van der Waals surface area contributed by atoms with Crippen molar-refractivity contribution in [2.75, 3.05) is 19.8 Å². The van der Waals surface area contributed by atoms with Gasteiger partial charge in [-0.1, -0.05) is 6.07 Å². The molecule has 0 radical (unpaired) electrons. The zero-order valence-corrected chi connectivity index (χ0v) is 16.0. The van der Waals surface area contributed by atoms with Crippen LogP contribution < -0.4 is 5.32 Å². The number of aromatic nitrogens is 2. The Labute approximate surface area is 164 Å². The fraction of sp³-hybridized carbons (Fsp3) is 0.450. The van der Waals surface area contributed by atoms with Crippen molar-refractivity contribution in [1.29, 1.82) is 0 Å². The lowest BCUT2D eigenvalue weighted by molar-refractivity contribution is -0.124. The van der Waals surface area contributed by atoms with Crippen LogP contribution in [0.4, 0.5) is 0 Å². The highest BCUT2D eigenvalue weighted by Crippen LogP contribution is 2.27. The molecule has 3 heterocycles. The number of rotatable bonds is 7. The molecule has 1 aliphatic rings. The third kappa shape index (κ3) is 5.03. The predicted molar refractivity (Wildman–Crippen MR) is 102 cm³/mol. The summed E-state index contributed by atoms with van der Waals surface area (Å²) in [6.45, 7) is 4.03. The Kier molecular flexibility index (Phi) is 6.91. The van der Waals surface area contributed by atoms with Gasteiger partial charge in [0, 0.05) is 61.8 Å². The molecule has 1 atom stereocenters. The van der Waals surface area contributed by atoms with Gasteiger partial charge in [0.15, 0.2) is 0 Å². The number of aromatic hydroxyl groups is 1. The normalized spacial score (nSPS) is 17.4. The lowest BCUT2D eigenvalue weighted by Crippen LogP contribution is -2.47. The number of carbonyl (C=O) groups excluding carboxylic acids is 1. The van der Waals surface area contributed by atoms with Crippen LogP contribution >= 0.6 is 0 Å². The third-order valence-electron chi connectivity index (χ3n) is 4.94. The number of aliphatic hydroxyl groups is 1. The molecule has 1 fully saturated rings. The van der Waals surface area contributed by atoms with Crippen LogP contribution in [0, 0.1) is 6.92 Å². The Morgan fingerprint density at radius 2 is 2.29 bits per heavy atom. The van der Waals surface area contributed by atoms with Gasteiger partial charge in [0.1, 0.15) is 5.75 Å². The number of hydrogen-bond acceptors (Lipinski definition) is 7. The monoisotopic (exact) mass is 386 g/mol. The van der Waals surface area contributed by atoms with Crippen LogP contribution in [0.3, 0.4) is 0 Å². The summed E-state index contributed by atoms with van der Waals surface area (Å²) in [5, 5.41) is 22.9. The number of nitrogens with one attached hydrogen (secondary N) is 1. The Hall–Kier alpha value is -2.55. The average Bonchev–Trinajstić information content (AvgIpc) is 2.72. The Morgan fingerprint density at radius 3 is 3.04 bits per heavy atom. The van der Waals surface area contributed by atoms with Crippen LogP contribution in [0.5, 0.6) is 5.75 Å². The van der Waals surface area contributed by atoms with Crippen LogP contribution in [0.25, 0.3) is 0 Å². The predicted octanol–water partition coefficient (Wildman–Crippen LogP) is 0.890. The van der Waals surface area contributed by atoms with E-state index in [0.717, 1.165) is 5.56 Å². The van der Waals surface area contributed by atoms with Crippen LogP contribution in [0.15, 0.2) is 30.7 Å². The topological polar surface area (TPSA) is 108 Å². The summed E-state index contributed by atoms with van der Waals surface area (Å²) < 4.78 is 5.57. The van der Waals surface area contributed by atoms with Crippen molar-refractivity contribution in [3.63, 3.8) is 0 Å². The molecule has 2 aromatic rings. The molecular formula is C20H26N4O4. The molecule has 0 aliphatic carbocycles. The summed E-state index contributed by atoms with van der Waals surface area (Å²) >= 11 is 0. The molecule has 0 spiro atoms. The number of carbonyl (C=O) groups is 1. The Balaban J connectivity index is 1.64. The van der Waals surface area contributed by atoms with Gasteiger partial charge < -0.3 is 20.3 Å². The number of nitrogens with zero attached hydrogens (tertiary/aromatic N) is 3.